The maximum Gasteiger partial charge on any atom is 0.0609 e. The van der Waals surface area contributed by atoms with Crippen LogP contribution in [0.1, 0.15) is 43.6 Å². The van der Waals surface area contributed by atoms with Crippen molar-refractivity contribution in [2.24, 2.45) is 0 Å². The Kier molecular flexibility index (Phi) is 4.30. The minimum absolute atomic E-state index is 0.143. The van der Waals surface area contributed by atoms with Crippen molar-refractivity contribution in [3.05, 3.63) is 29.8 Å². The Balaban J connectivity index is 2.26. The Morgan fingerprint density at radius 2 is 1.88 bits per heavy atom. The Labute approximate surface area is 102 Å². The van der Waals surface area contributed by atoms with Crippen molar-refractivity contribution < 1.29 is 5.11 Å². The van der Waals surface area contributed by atoms with E-state index in [2.05, 4.69) is 30.5 Å². The molecule has 0 bridgehead atoms. The Bertz CT molecular complexity index is 337. The average Bonchev–Trinajstić information content (AvgIpc) is 2.54. The van der Waals surface area contributed by atoms with E-state index in [0.717, 1.165) is 12.8 Å². The SMILES string of the molecule is CSc1ccccc1[C@H]1CCCCC[C@H]1O. The first-order valence-electron chi connectivity index (χ1n) is 6.14. The fraction of sp³-hybridized carbons (Fsp3) is 0.571. The molecule has 2 atom stereocenters. The molecule has 0 aromatic heterocycles. The summed E-state index contributed by atoms with van der Waals surface area (Å²) in [5.41, 5.74) is 1.35. The summed E-state index contributed by atoms with van der Waals surface area (Å²) in [6, 6.07) is 8.52. The number of benzene rings is 1. The van der Waals surface area contributed by atoms with Crippen LogP contribution in [0.25, 0.3) is 0 Å². The summed E-state index contributed by atoms with van der Waals surface area (Å²) in [6.07, 6.45) is 7.78. The molecule has 0 spiro atoms. The zero-order chi connectivity index (χ0) is 11.4. The second-order valence-corrected chi connectivity index (χ2v) is 5.40. The normalized spacial score (nSPS) is 26.4. The molecule has 1 saturated carbocycles. The quantitative estimate of drug-likeness (QED) is 0.622. The van der Waals surface area contributed by atoms with Crippen LogP contribution in [0.4, 0.5) is 0 Å². The molecule has 0 amide bonds. The molecule has 1 aliphatic carbocycles. The van der Waals surface area contributed by atoms with E-state index in [0.29, 0.717) is 5.92 Å². The molecule has 0 unspecified atom stereocenters. The van der Waals surface area contributed by atoms with Crippen molar-refractivity contribution in [3.8, 4) is 0 Å². The van der Waals surface area contributed by atoms with Crippen molar-refractivity contribution in [3.63, 3.8) is 0 Å². The minimum Gasteiger partial charge on any atom is -0.392 e. The van der Waals surface area contributed by atoms with Gasteiger partial charge in [-0.2, -0.15) is 0 Å². The van der Waals surface area contributed by atoms with Crippen LogP contribution in [0, 0.1) is 0 Å². The first kappa shape index (κ1) is 12.0. The van der Waals surface area contributed by atoms with E-state index < -0.39 is 0 Å². The Morgan fingerprint density at radius 3 is 2.69 bits per heavy atom. The van der Waals surface area contributed by atoms with Crippen molar-refractivity contribution in [2.75, 3.05) is 6.26 Å². The van der Waals surface area contributed by atoms with Gasteiger partial charge in [0.15, 0.2) is 0 Å². The number of thioether (sulfide) groups is 1. The highest BCUT2D eigenvalue weighted by molar-refractivity contribution is 7.98. The van der Waals surface area contributed by atoms with Gasteiger partial charge >= 0.3 is 0 Å². The van der Waals surface area contributed by atoms with Gasteiger partial charge in [-0.25, -0.2) is 0 Å². The summed E-state index contributed by atoms with van der Waals surface area (Å²) in [6.45, 7) is 0. The molecule has 88 valence electrons. The highest BCUT2D eigenvalue weighted by Gasteiger charge is 2.24. The molecule has 16 heavy (non-hydrogen) atoms. The lowest BCUT2D eigenvalue weighted by Crippen LogP contribution is -2.17. The molecule has 2 rings (SSSR count). The Hall–Kier alpha value is -0.470. The standard InChI is InChI=1S/C14H20OS/c1-16-14-10-6-5-8-12(14)11-7-3-2-4-9-13(11)15/h5-6,8,10-11,13,15H,2-4,7,9H2,1H3/t11-,13-/m1/s1. The second-order valence-electron chi connectivity index (χ2n) is 4.55. The number of hydrogen-bond donors (Lipinski definition) is 1. The lowest BCUT2D eigenvalue weighted by Gasteiger charge is -2.22. The lowest BCUT2D eigenvalue weighted by atomic mass is 9.89. The van der Waals surface area contributed by atoms with Crippen molar-refractivity contribution in [1.29, 1.82) is 0 Å². The van der Waals surface area contributed by atoms with Gasteiger partial charge < -0.3 is 5.11 Å². The third-order valence-electron chi connectivity index (χ3n) is 3.52. The fourth-order valence-corrected chi connectivity index (χ4v) is 3.29. The highest BCUT2D eigenvalue weighted by atomic mass is 32.2. The van der Waals surface area contributed by atoms with Gasteiger partial charge in [0.25, 0.3) is 0 Å². The summed E-state index contributed by atoms with van der Waals surface area (Å²) in [5.74, 6) is 0.353. The second kappa shape index (κ2) is 5.74. The summed E-state index contributed by atoms with van der Waals surface area (Å²) < 4.78 is 0. The highest BCUT2D eigenvalue weighted by Crippen LogP contribution is 2.36. The number of aliphatic hydroxyl groups is 1. The van der Waals surface area contributed by atoms with Crippen LogP contribution in [-0.4, -0.2) is 17.5 Å². The predicted octanol–water partition coefficient (Wildman–Crippen LogP) is 3.82. The fourth-order valence-electron chi connectivity index (χ4n) is 2.62. The van der Waals surface area contributed by atoms with Crippen LogP contribution in [0.15, 0.2) is 29.2 Å². The van der Waals surface area contributed by atoms with Crippen molar-refractivity contribution in [2.45, 2.75) is 49.0 Å². The molecule has 1 nitrogen and oxygen atoms in total. The molecular formula is C14H20OS. The molecule has 2 heteroatoms. The van der Waals surface area contributed by atoms with E-state index in [1.165, 1.54) is 29.7 Å². The molecule has 0 heterocycles. The molecule has 1 N–H and O–H groups in total. The zero-order valence-electron chi connectivity index (χ0n) is 9.86. The first-order chi connectivity index (χ1) is 7.83. The molecular weight excluding hydrogens is 216 g/mol. The summed E-state index contributed by atoms with van der Waals surface area (Å²) in [4.78, 5) is 1.33. The molecule has 1 aliphatic rings. The smallest absolute Gasteiger partial charge is 0.0609 e. The van der Waals surface area contributed by atoms with Crippen LogP contribution < -0.4 is 0 Å². The minimum atomic E-state index is -0.143. The molecule has 0 saturated heterocycles. The van der Waals surface area contributed by atoms with Gasteiger partial charge in [-0.15, -0.1) is 11.8 Å². The largest absolute Gasteiger partial charge is 0.392 e. The summed E-state index contributed by atoms with van der Waals surface area (Å²) >= 11 is 1.79. The molecule has 1 fully saturated rings. The Morgan fingerprint density at radius 1 is 1.12 bits per heavy atom. The van der Waals surface area contributed by atoms with E-state index in [4.69, 9.17) is 0 Å². The van der Waals surface area contributed by atoms with E-state index in [-0.39, 0.29) is 6.10 Å². The summed E-state index contributed by atoms with van der Waals surface area (Å²) in [5, 5.41) is 10.2. The van der Waals surface area contributed by atoms with Gasteiger partial charge in [0.05, 0.1) is 6.10 Å². The molecule has 0 radical (unpaired) electrons. The maximum atomic E-state index is 10.2. The predicted molar refractivity (Wildman–Crippen MR) is 70.1 cm³/mol. The van der Waals surface area contributed by atoms with E-state index in [1.807, 2.05) is 0 Å². The van der Waals surface area contributed by atoms with Crippen LogP contribution in [0.5, 0.6) is 0 Å². The molecule has 0 aliphatic heterocycles. The maximum absolute atomic E-state index is 10.2. The van der Waals surface area contributed by atoms with Crippen LogP contribution in [0.2, 0.25) is 0 Å². The van der Waals surface area contributed by atoms with Crippen LogP contribution in [-0.2, 0) is 0 Å². The van der Waals surface area contributed by atoms with Gasteiger partial charge in [0, 0.05) is 10.8 Å². The number of rotatable bonds is 2. The van der Waals surface area contributed by atoms with E-state index in [9.17, 15) is 5.11 Å². The lowest BCUT2D eigenvalue weighted by molar-refractivity contribution is 0.134. The van der Waals surface area contributed by atoms with Gasteiger partial charge in [-0.3, -0.25) is 0 Å². The molecule has 1 aromatic carbocycles. The monoisotopic (exact) mass is 236 g/mol. The van der Waals surface area contributed by atoms with Crippen LogP contribution in [0.3, 0.4) is 0 Å². The van der Waals surface area contributed by atoms with E-state index >= 15 is 0 Å². The van der Waals surface area contributed by atoms with Gasteiger partial charge in [0.1, 0.15) is 0 Å². The van der Waals surface area contributed by atoms with Crippen molar-refractivity contribution in [1.82, 2.24) is 0 Å². The molecule has 1 aromatic rings. The third kappa shape index (κ3) is 2.61. The van der Waals surface area contributed by atoms with E-state index in [1.54, 1.807) is 11.8 Å². The van der Waals surface area contributed by atoms with Gasteiger partial charge in [-0.05, 0) is 30.7 Å². The van der Waals surface area contributed by atoms with Crippen molar-refractivity contribution >= 4 is 11.8 Å². The number of aliphatic hydroxyl groups excluding tert-OH is 1. The summed E-state index contributed by atoms with van der Waals surface area (Å²) in [7, 11) is 0. The average molecular weight is 236 g/mol. The van der Waals surface area contributed by atoms with Gasteiger partial charge in [-0.1, -0.05) is 37.5 Å². The topological polar surface area (TPSA) is 20.2 Å². The number of hydrogen-bond acceptors (Lipinski definition) is 2. The van der Waals surface area contributed by atoms with Gasteiger partial charge in [0.2, 0.25) is 0 Å². The zero-order valence-corrected chi connectivity index (χ0v) is 10.7. The van der Waals surface area contributed by atoms with Crippen LogP contribution >= 0.6 is 11.8 Å². The third-order valence-corrected chi connectivity index (χ3v) is 4.33. The first-order valence-corrected chi connectivity index (χ1v) is 7.36.